The van der Waals surface area contributed by atoms with Crippen molar-refractivity contribution >= 4 is 0 Å². The van der Waals surface area contributed by atoms with Gasteiger partial charge in [0.25, 0.3) is 0 Å². The standard InChI is InChI=1S/C5H9O/c1-5-3-2-4-6-5/h4-5H,2-3H2,1H3. The Labute approximate surface area is 38.3 Å². The molecule has 1 saturated heterocycles. The predicted octanol–water partition coefficient (Wildman–Crippen LogP) is 1.35. The highest BCUT2D eigenvalue weighted by molar-refractivity contribution is 4.65. The second-order valence-corrected chi connectivity index (χ2v) is 1.69. The zero-order valence-corrected chi connectivity index (χ0v) is 3.98. The van der Waals surface area contributed by atoms with Crippen LogP contribution >= 0.6 is 0 Å². The first-order valence-electron chi connectivity index (χ1n) is 2.37. The van der Waals surface area contributed by atoms with E-state index in [9.17, 15) is 0 Å². The fourth-order valence-corrected chi connectivity index (χ4v) is 0.603. The quantitative estimate of drug-likeness (QED) is 0.431. The summed E-state index contributed by atoms with van der Waals surface area (Å²) in [6.07, 6.45) is 2.84. The van der Waals surface area contributed by atoms with Gasteiger partial charge in [-0.1, -0.05) is 0 Å². The Hall–Kier alpha value is -0.0400. The molecule has 0 amide bonds. The van der Waals surface area contributed by atoms with Crippen LogP contribution in [0, 0.1) is 6.61 Å². The Balaban J connectivity index is 2.18. The maximum absolute atomic E-state index is 5.03. The van der Waals surface area contributed by atoms with Crippen LogP contribution in [0.5, 0.6) is 0 Å². The molecule has 1 nitrogen and oxygen atoms in total. The lowest BCUT2D eigenvalue weighted by Gasteiger charge is -1.94. The van der Waals surface area contributed by atoms with Crippen molar-refractivity contribution < 1.29 is 4.74 Å². The molecule has 1 aliphatic heterocycles. The molecule has 0 aromatic rings. The van der Waals surface area contributed by atoms with Crippen LogP contribution in [0.2, 0.25) is 0 Å². The van der Waals surface area contributed by atoms with Crippen LogP contribution in [0.15, 0.2) is 0 Å². The van der Waals surface area contributed by atoms with Crippen molar-refractivity contribution in [2.45, 2.75) is 25.9 Å². The third kappa shape index (κ3) is 0.716. The van der Waals surface area contributed by atoms with Gasteiger partial charge in [-0.2, -0.15) is 0 Å². The van der Waals surface area contributed by atoms with Crippen molar-refractivity contribution in [1.29, 1.82) is 0 Å². The summed E-state index contributed by atoms with van der Waals surface area (Å²) in [5, 5.41) is 0. The van der Waals surface area contributed by atoms with Gasteiger partial charge in [0.15, 0.2) is 0 Å². The highest BCUT2D eigenvalue weighted by Gasteiger charge is 2.07. The van der Waals surface area contributed by atoms with Gasteiger partial charge in [-0.3, -0.25) is 0 Å². The molecule has 0 aromatic heterocycles. The summed E-state index contributed by atoms with van der Waals surface area (Å²) in [7, 11) is 0. The summed E-state index contributed by atoms with van der Waals surface area (Å²) in [5.41, 5.74) is 0. The van der Waals surface area contributed by atoms with Gasteiger partial charge in [0.1, 0.15) is 0 Å². The van der Waals surface area contributed by atoms with E-state index in [1.807, 2.05) is 6.61 Å². The second-order valence-electron chi connectivity index (χ2n) is 1.69. The van der Waals surface area contributed by atoms with Crippen molar-refractivity contribution in [2.24, 2.45) is 0 Å². The molecule has 6 heavy (non-hydrogen) atoms. The highest BCUT2D eigenvalue weighted by atomic mass is 16.5. The molecule has 1 atom stereocenters. The van der Waals surface area contributed by atoms with Crippen molar-refractivity contribution in [3.63, 3.8) is 0 Å². The Morgan fingerprint density at radius 2 is 2.67 bits per heavy atom. The van der Waals surface area contributed by atoms with Crippen LogP contribution in [-0.2, 0) is 4.74 Å². The molecule has 0 saturated carbocycles. The van der Waals surface area contributed by atoms with Crippen LogP contribution < -0.4 is 0 Å². The predicted molar refractivity (Wildman–Crippen MR) is 24.1 cm³/mol. The van der Waals surface area contributed by atoms with E-state index in [0.29, 0.717) is 6.10 Å². The van der Waals surface area contributed by atoms with Crippen LogP contribution in [0.4, 0.5) is 0 Å². The van der Waals surface area contributed by atoms with Crippen molar-refractivity contribution in [3.8, 4) is 0 Å². The molecule has 0 bridgehead atoms. The van der Waals surface area contributed by atoms with Gasteiger partial charge in [-0.05, 0) is 19.8 Å². The van der Waals surface area contributed by atoms with Crippen molar-refractivity contribution in [3.05, 3.63) is 6.61 Å². The number of hydrogen-bond donors (Lipinski definition) is 0. The van der Waals surface area contributed by atoms with Crippen LogP contribution in [0.1, 0.15) is 19.8 Å². The largest absolute Gasteiger partial charge is 0.373 e. The minimum atomic E-state index is 0.491. The van der Waals surface area contributed by atoms with Crippen LogP contribution in [0.3, 0.4) is 0 Å². The van der Waals surface area contributed by atoms with E-state index in [1.54, 1.807) is 0 Å². The van der Waals surface area contributed by atoms with E-state index in [-0.39, 0.29) is 0 Å². The number of ether oxygens (including phenoxy) is 1. The Morgan fingerprint density at radius 3 is 2.83 bits per heavy atom. The topological polar surface area (TPSA) is 9.23 Å². The molecule has 0 spiro atoms. The third-order valence-corrected chi connectivity index (χ3v) is 1.02. The summed E-state index contributed by atoms with van der Waals surface area (Å²) < 4.78 is 5.03. The van der Waals surface area contributed by atoms with Crippen LogP contribution in [0.25, 0.3) is 0 Å². The van der Waals surface area contributed by atoms with E-state index in [4.69, 9.17) is 4.74 Å². The molecule has 1 rings (SSSR count). The minimum Gasteiger partial charge on any atom is -0.373 e. The first kappa shape index (κ1) is 4.13. The summed E-state index contributed by atoms with van der Waals surface area (Å²) in [5.74, 6) is 0. The molecule has 35 valence electrons. The molecule has 0 N–H and O–H groups in total. The fraction of sp³-hybridized carbons (Fsp3) is 0.800. The molecule has 1 aliphatic rings. The summed E-state index contributed by atoms with van der Waals surface area (Å²) in [6.45, 7) is 3.97. The van der Waals surface area contributed by atoms with Gasteiger partial charge >= 0.3 is 0 Å². The fourth-order valence-electron chi connectivity index (χ4n) is 0.603. The van der Waals surface area contributed by atoms with Crippen molar-refractivity contribution in [1.82, 2.24) is 0 Å². The first-order valence-corrected chi connectivity index (χ1v) is 2.37. The SMILES string of the molecule is CC1CC[CH]O1. The van der Waals surface area contributed by atoms with E-state index in [0.717, 1.165) is 6.42 Å². The summed E-state index contributed by atoms with van der Waals surface area (Å²) >= 11 is 0. The summed E-state index contributed by atoms with van der Waals surface area (Å²) in [6, 6.07) is 0. The molecule has 1 unspecified atom stereocenters. The van der Waals surface area contributed by atoms with Gasteiger partial charge in [0.05, 0.1) is 12.7 Å². The minimum absolute atomic E-state index is 0.491. The molecule has 0 aromatic carbocycles. The molecule has 0 aliphatic carbocycles. The maximum atomic E-state index is 5.03. The van der Waals surface area contributed by atoms with Crippen molar-refractivity contribution in [2.75, 3.05) is 0 Å². The first-order chi connectivity index (χ1) is 2.89. The van der Waals surface area contributed by atoms with E-state index in [2.05, 4.69) is 6.92 Å². The Bertz CT molecular complexity index is 37.2. The van der Waals surface area contributed by atoms with E-state index >= 15 is 0 Å². The Kier molecular flexibility index (Phi) is 1.10. The Morgan fingerprint density at radius 1 is 1.83 bits per heavy atom. The lowest BCUT2D eigenvalue weighted by atomic mass is 10.3. The van der Waals surface area contributed by atoms with E-state index < -0.39 is 0 Å². The van der Waals surface area contributed by atoms with Gasteiger partial charge in [-0.25, -0.2) is 0 Å². The van der Waals surface area contributed by atoms with Gasteiger partial charge in [0.2, 0.25) is 0 Å². The maximum Gasteiger partial charge on any atom is 0.0841 e. The molecule has 1 heteroatoms. The zero-order chi connectivity index (χ0) is 4.41. The molecule has 1 radical (unpaired) electrons. The normalized spacial score (nSPS) is 34.5. The lowest BCUT2D eigenvalue weighted by Crippen LogP contribution is -1.92. The third-order valence-electron chi connectivity index (χ3n) is 1.02. The zero-order valence-electron chi connectivity index (χ0n) is 3.98. The monoisotopic (exact) mass is 85.1 g/mol. The average molecular weight is 85.1 g/mol. The van der Waals surface area contributed by atoms with E-state index in [1.165, 1.54) is 6.42 Å². The van der Waals surface area contributed by atoms with Gasteiger partial charge in [-0.15, -0.1) is 0 Å². The molecular weight excluding hydrogens is 76.1 g/mol. The average Bonchev–Trinajstić information content (AvgIpc) is 1.86. The van der Waals surface area contributed by atoms with Gasteiger partial charge < -0.3 is 4.74 Å². The molecule has 1 heterocycles. The summed E-state index contributed by atoms with van der Waals surface area (Å²) in [4.78, 5) is 0. The lowest BCUT2D eigenvalue weighted by molar-refractivity contribution is 0.170. The molecular formula is C5H9O. The number of hydrogen-bond acceptors (Lipinski definition) is 1. The smallest absolute Gasteiger partial charge is 0.0841 e. The number of rotatable bonds is 0. The second kappa shape index (κ2) is 1.61. The van der Waals surface area contributed by atoms with Crippen LogP contribution in [-0.4, -0.2) is 6.10 Å². The highest BCUT2D eigenvalue weighted by Crippen LogP contribution is 2.13. The molecule has 1 fully saturated rings. The van der Waals surface area contributed by atoms with Gasteiger partial charge in [0, 0.05) is 0 Å².